The fourth-order valence-electron chi connectivity index (χ4n) is 2.47. The molecule has 19 heavy (non-hydrogen) atoms. The van der Waals surface area contributed by atoms with Crippen molar-refractivity contribution in [3.63, 3.8) is 0 Å². The Hall–Kier alpha value is -1.27. The third kappa shape index (κ3) is 2.84. The topological polar surface area (TPSA) is 72.8 Å². The number of hydrogen-bond acceptors (Lipinski definition) is 5. The lowest BCUT2D eigenvalue weighted by molar-refractivity contribution is 0.117. The van der Waals surface area contributed by atoms with E-state index < -0.39 is 15.9 Å². The van der Waals surface area contributed by atoms with E-state index in [1.165, 1.54) is 14.2 Å². The first kappa shape index (κ1) is 14.1. The summed E-state index contributed by atoms with van der Waals surface area (Å²) in [5, 5.41) is 10.4. The minimum atomic E-state index is -3.02. The molecule has 1 aromatic carbocycles. The van der Waals surface area contributed by atoms with Crippen molar-refractivity contribution in [2.24, 2.45) is 5.92 Å². The number of ether oxygens (including phenoxy) is 2. The van der Waals surface area contributed by atoms with Gasteiger partial charge in [-0.1, -0.05) is 12.1 Å². The van der Waals surface area contributed by atoms with Crippen molar-refractivity contribution in [1.82, 2.24) is 0 Å². The predicted molar refractivity (Wildman–Crippen MR) is 71.3 cm³/mol. The molecular weight excluding hydrogens is 268 g/mol. The highest BCUT2D eigenvalue weighted by atomic mass is 32.2. The van der Waals surface area contributed by atoms with Gasteiger partial charge in [0, 0.05) is 11.5 Å². The maximum absolute atomic E-state index is 11.5. The quantitative estimate of drug-likeness (QED) is 0.899. The molecule has 1 fully saturated rings. The molecule has 0 spiro atoms. The van der Waals surface area contributed by atoms with Gasteiger partial charge in [0.25, 0.3) is 0 Å². The van der Waals surface area contributed by atoms with E-state index in [4.69, 9.17) is 9.47 Å². The standard InChI is InChI=1S/C13H18O5S/c1-17-11-5-3-4-10(13(11)18-2)12(14)9-6-7-19(15,16)8-9/h3-5,9,12,14H,6-8H2,1-2H3. The average molecular weight is 286 g/mol. The molecular formula is C13H18O5S. The predicted octanol–water partition coefficient (Wildman–Crippen LogP) is 1.17. The average Bonchev–Trinajstić information content (AvgIpc) is 2.77. The summed E-state index contributed by atoms with van der Waals surface area (Å²) in [7, 11) is 0.00553. The van der Waals surface area contributed by atoms with Gasteiger partial charge in [-0.15, -0.1) is 0 Å². The maximum atomic E-state index is 11.5. The van der Waals surface area contributed by atoms with Gasteiger partial charge in [-0.2, -0.15) is 0 Å². The van der Waals surface area contributed by atoms with Gasteiger partial charge in [0.15, 0.2) is 21.3 Å². The van der Waals surface area contributed by atoms with Crippen molar-refractivity contribution in [1.29, 1.82) is 0 Å². The molecule has 106 valence electrons. The fraction of sp³-hybridized carbons (Fsp3) is 0.538. The number of rotatable bonds is 4. The number of benzene rings is 1. The monoisotopic (exact) mass is 286 g/mol. The number of aliphatic hydroxyl groups is 1. The number of methoxy groups -OCH3 is 2. The Morgan fingerprint density at radius 1 is 1.32 bits per heavy atom. The zero-order valence-electron chi connectivity index (χ0n) is 11.0. The van der Waals surface area contributed by atoms with Gasteiger partial charge in [-0.25, -0.2) is 8.42 Å². The zero-order chi connectivity index (χ0) is 14.0. The van der Waals surface area contributed by atoms with Gasteiger partial charge in [0.05, 0.1) is 31.8 Å². The highest BCUT2D eigenvalue weighted by molar-refractivity contribution is 7.91. The normalized spacial score (nSPS) is 23.0. The Morgan fingerprint density at radius 2 is 2.05 bits per heavy atom. The SMILES string of the molecule is COc1cccc(C(O)C2CCS(=O)(=O)C2)c1OC. The van der Waals surface area contributed by atoms with Crippen molar-refractivity contribution in [3.05, 3.63) is 23.8 Å². The van der Waals surface area contributed by atoms with Crippen LogP contribution in [0.3, 0.4) is 0 Å². The maximum Gasteiger partial charge on any atom is 0.166 e. The Labute approximate surface area is 113 Å². The second-order valence-electron chi connectivity index (χ2n) is 4.69. The first-order valence-electron chi connectivity index (χ1n) is 6.08. The summed E-state index contributed by atoms with van der Waals surface area (Å²) in [4.78, 5) is 0. The fourth-order valence-corrected chi connectivity index (χ4v) is 4.30. The lowest BCUT2D eigenvalue weighted by atomic mass is 9.94. The van der Waals surface area contributed by atoms with E-state index in [2.05, 4.69) is 0 Å². The van der Waals surface area contributed by atoms with Crippen LogP contribution < -0.4 is 9.47 Å². The Bertz CT molecular complexity index is 552. The first-order valence-corrected chi connectivity index (χ1v) is 7.90. The Morgan fingerprint density at radius 3 is 2.58 bits per heavy atom. The highest BCUT2D eigenvalue weighted by Gasteiger charge is 2.35. The second-order valence-corrected chi connectivity index (χ2v) is 6.92. The summed E-state index contributed by atoms with van der Waals surface area (Å²) in [6.07, 6.45) is -0.383. The molecule has 0 bridgehead atoms. The van der Waals surface area contributed by atoms with Crippen molar-refractivity contribution < 1.29 is 23.0 Å². The first-order chi connectivity index (χ1) is 8.98. The lowest BCUT2D eigenvalue weighted by Crippen LogP contribution is -2.15. The summed E-state index contributed by atoms with van der Waals surface area (Å²) in [6.45, 7) is 0. The van der Waals surface area contributed by atoms with E-state index in [1.807, 2.05) is 0 Å². The van der Waals surface area contributed by atoms with Gasteiger partial charge in [0.1, 0.15) is 0 Å². The molecule has 0 aliphatic carbocycles. The molecule has 0 radical (unpaired) electrons. The van der Waals surface area contributed by atoms with E-state index >= 15 is 0 Å². The molecule has 1 aromatic rings. The van der Waals surface area contributed by atoms with Crippen LogP contribution in [0, 0.1) is 5.92 Å². The molecule has 1 heterocycles. The van der Waals surface area contributed by atoms with E-state index in [0.29, 0.717) is 23.5 Å². The van der Waals surface area contributed by atoms with Crippen LogP contribution in [0.5, 0.6) is 11.5 Å². The van der Waals surface area contributed by atoms with Crippen molar-refractivity contribution >= 4 is 9.84 Å². The zero-order valence-corrected chi connectivity index (χ0v) is 11.8. The van der Waals surface area contributed by atoms with Crippen molar-refractivity contribution in [3.8, 4) is 11.5 Å². The summed E-state index contributed by atoms with van der Waals surface area (Å²) < 4.78 is 33.4. The molecule has 0 amide bonds. The summed E-state index contributed by atoms with van der Waals surface area (Å²) >= 11 is 0. The van der Waals surface area contributed by atoms with E-state index in [0.717, 1.165) is 0 Å². The van der Waals surface area contributed by atoms with Crippen LogP contribution in [0.1, 0.15) is 18.1 Å². The minimum absolute atomic E-state index is 0.0224. The molecule has 2 rings (SSSR count). The minimum Gasteiger partial charge on any atom is -0.493 e. The Balaban J connectivity index is 2.31. The largest absolute Gasteiger partial charge is 0.493 e. The number of hydrogen-bond donors (Lipinski definition) is 1. The highest BCUT2D eigenvalue weighted by Crippen LogP contribution is 2.40. The summed E-state index contributed by atoms with van der Waals surface area (Å²) in [5.74, 6) is 0.864. The number of para-hydroxylation sites is 1. The van der Waals surface area contributed by atoms with E-state index in [-0.39, 0.29) is 17.4 Å². The van der Waals surface area contributed by atoms with Crippen LogP contribution in [-0.4, -0.2) is 39.2 Å². The third-order valence-electron chi connectivity index (χ3n) is 3.47. The Kier molecular flexibility index (Phi) is 4.01. The van der Waals surface area contributed by atoms with Crippen molar-refractivity contribution in [2.75, 3.05) is 25.7 Å². The molecule has 1 aliphatic rings. The second kappa shape index (κ2) is 5.38. The van der Waals surface area contributed by atoms with E-state index in [9.17, 15) is 13.5 Å². The lowest BCUT2D eigenvalue weighted by Gasteiger charge is -2.20. The van der Waals surface area contributed by atoms with Crippen LogP contribution in [0.4, 0.5) is 0 Å². The van der Waals surface area contributed by atoms with Gasteiger partial charge < -0.3 is 14.6 Å². The number of aliphatic hydroxyl groups excluding tert-OH is 1. The molecule has 1 N–H and O–H groups in total. The molecule has 0 aromatic heterocycles. The molecule has 2 atom stereocenters. The number of sulfone groups is 1. The van der Waals surface area contributed by atoms with Crippen LogP contribution in [0.25, 0.3) is 0 Å². The van der Waals surface area contributed by atoms with E-state index in [1.54, 1.807) is 18.2 Å². The van der Waals surface area contributed by atoms with Gasteiger partial charge in [-0.3, -0.25) is 0 Å². The van der Waals surface area contributed by atoms with Crippen LogP contribution in [0.2, 0.25) is 0 Å². The summed E-state index contributed by atoms with van der Waals surface area (Å²) in [6, 6.07) is 5.22. The van der Waals surface area contributed by atoms with Gasteiger partial charge in [-0.05, 0) is 12.5 Å². The molecule has 1 saturated heterocycles. The molecule has 5 nitrogen and oxygen atoms in total. The third-order valence-corrected chi connectivity index (χ3v) is 5.26. The van der Waals surface area contributed by atoms with Crippen molar-refractivity contribution in [2.45, 2.75) is 12.5 Å². The van der Waals surface area contributed by atoms with Gasteiger partial charge in [0.2, 0.25) is 0 Å². The smallest absolute Gasteiger partial charge is 0.166 e. The van der Waals surface area contributed by atoms with Crippen LogP contribution in [-0.2, 0) is 9.84 Å². The molecule has 0 saturated carbocycles. The molecule has 2 unspecified atom stereocenters. The van der Waals surface area contributed by atoms with Crippen LogP contribution >= 0.6 is 0 Å². The van der Waals surface area contributed by atoms with Gasteiger partial charge >= 0.3 is 0 Å². The van der Waals surface area contributed by atoms with Crippen LogP contribution in [0.15, 0.2) is 18.2 Å². The molecule has 6 heteroatoms. The molecule has 1 aliphatic heterocycles. The summed E-state index contributed by atoms with van der Waals surface area (Å²) in [5.41, 5.74) is 0.573.